The summed E-state index contributed by atoms with van der Waals surface area (Å²) in [6, 6.07) is -16.6. The lowest BCUT2D eigenvalue weighted by atomic mass is 9.98. The molecule has 115 heavy (non-hydrogen) atoms. The molecule has 636 valence electrons. The summed E-state index contributed by atoms with van der Waals surface area (Å²) in [5, 5.41) is 76.9. The molecule has 1 aromatic carbocycles. The van der Waals surface area contributed by atoms with Gasteiger partial charge in [0.25, 0.3) is 0 Å². The quantitative estimate of drug-likeness (QED) is 0.0223. The van der Waals surface area contributed by atoms with E-state index in [9.17, 15) is 126 Å². The van der Waals surface area contributed by atoms with Gasteiger partial charge in [-0.15, -0.1) is 0 Å². The Kier molecular flexibility index (Phi) is 40.2. The number of aliphatic carboxylic acids is 4. The molecule has 0 bridgehead atoms. The number of fused-ring (bicyclic) bond motifs is 1. The lowest BCUT2D eigenvalue weighted by Gasteiger charge is -2.32. The highest BCUT2D eigenvalue weighted by atomic mass is 16.5. The van der Waals surface area contributed by atoms with E-state index in [0.717, 1.165) is 60.1 Å². The van der Waals surface area contributed by atoms with Crippen LogP contribution >= 0.6 is 0 Å². The summed E-state index contributed by atoms with van der Waals surface area (Å²) in [7, 11) is 1.60. The molecule has 1 fully saturated rings. The average Bonchev–Trinajstić information content (AvgIpc) is 1.71. The van der Waals surface area contributed by atoms with Crippen molar-refractivity contribution in [2.75, 3.05) is 27.2 Å². The number of rotatable bonds is 36. The van der Waals surface area contributed by atoms with Crippen molar-refractivity contribution in [3.63, 3.8) is 0 Å². The highest BCUT2D eigenvalue weighted by Gasteiger charge is 2.44. The number of primary amides is 3. The Balaban J connectivity index is 2.28. The summed E-state index contributed by atoms with van der Waals surface area (Å²) in [4.78, 5) is 288. The molecule has 45 heteroatoms. The Labute approximate surface area is 657 Å². The fourth-order valence-corrected chi connectivity index (χ4v) is 11.5. The number of hydrogen-bond donors (Lipinski definition) is 21. The monoisotopic (exact) mass is 1630 g/mol. The number of aromatic amines is 1. The number of esters is 1. The van der Waals surface area contributed by atoms with Gasteiger partial charge >= 0.3 is 29.8 Å². The molecule has 1 saturated heterocycles. The standard InChI is InChI=1S/C70H103N17O28/c1-8-10-11-12-13-14-15-20-46(90)77-40(25-35-29-74-37-19-17-16-18-36(35)37)62(104)79-39(22-24-50(95)96)61(103)85-54(56(99)58(73)100)67(109)84-53-34(5)115-70(113)52(32(3)9-2)83-60(102)38(21-23-49(93)94)80-63(105)41(26-44(71)88)78-47(91)30-75-66(108)55(57(114-7)69(111)112)86-65(107)42(27-45(72)89)82-64(106)43(28-51(97)98)81-59(101)33(4)76-48(92)31-87(6)68(53)110/h16-19,29,32-34,38-43,52-57,74,99H,8-15,20-28,30-31H2,1-7H3,(H2,71,88)(H2,72,89)(H2,73,100)(H,75,108)(H,76,92)(H,77,90)(H,78,91)(H,79,104)(H,80,105)(H,81,101)(H,82,106)(H,83,102)(H,84,109)(H,85,103)(H,86,107)(H,93,94)(H,95,96)(H,97,98)(H,111,112). The van der Waals surface area contributed by atoms with E-state index in [1.165, 1.54) is 13.8 Å². The smallest absolute Gasteiger partial charge is 0.335 e. The van der Waals surface area contributed by atoms with Crippen molar-refractivity contribution < 1.29 is 136 Å². The second-order valence-electron chi connectivity index (χ2n) is 27.2. The predicted molar refractivity (Wildman–Crippen MR) is 394 cm³/mol. The van der Waals surface area contributed by atoms with Gasteiger partial charge in [0.1, 0.15) is 72.6 Å². The highest BCUT2D eigenvalue weighted by Crippen LogP contribution is 2.21. The maximum Gasteiger partial charge on any atom is 0.335 e. The largest absolute Gasteiger partial charge is 0.481 e. The van der Waals surface area contributed by atoms with Crippen LogP contribution in [0.2, 0.25) is 0 Å². The number of likely N-dealkylation sites (N-methyl/N-ethyl adjacent to an activating group) is 1. The fourth-order valence-electron chi connectivity index (χ4n) is 11.5. The van der Waals surface area contributed by atoms with E-state index >= 15 is 0 Å². The topological polar surface area (TPSA) is 720 Å². The summed E-state index contributed by atoms with van der Waals surface area (Å²) in [5.74, 6) is -32.1. The molecule has 2 heterocycles. The lowest BCUT2D eigenvalue weighted by Crippen LogP contribution is -2.64. The van der Waals surface area contributed by atoms with Crippen LogP contribution in [0.4, 0.5) is 0 Å². The number of nitrogens with one attached hydrogen (secondary N) is 13. The number of aliphatic hydroxyl groups excluding tert-OH is 1. The maximum absolute atomic E-state index is 14.9. The van der Waals surface area contributed by atoms with Crippen molar-refractivity contribution in [2.24, 2.45) is 23.1 Å². The number of ether oxygens (including phenoxy) is 2. The molecule has 2 aromatic rings. The van der Waals surface area contributed by atoms with Gasteiger partial charge in [-0.05, 0) is 50.7 Å². The number of nitrogens with two attached hydrogens (primary N) is 3. The van der Waals surface area contributed by atoms with Crippen LogP contribution in [0.1, 0.15) is 143 Å². The van der Waals surface area contributed by atoms with Crippen LogP contribution in [0.3, 0.4) is 0 Å². The van der Waals surface area contributed by atoms with E-state index in [2.05, 4.69) is 43.8 Å². The van der Waals surface area contributed by atoms with Crippen molar-refractivity contribution in [1.29, 1.82) is 0 Å². The zero-order valence-corrected chi connectivity index (χ0v) is 64.3. The van der Waals surface area contributed by atoms with Gasteiger partial charge in [-0.25, -0.2) is 9.59 Å². The third-order valence-corrected chi connectivity index (χ3v) is 18.0. The van der Waals surface area contributed by atoms with Gasteiger partial charge < -0.3 is 126 Å². The first-order valence-corrected chi connectivity index (χ1v) is 36.6. The number of methoxy groups -OCH3 is 1. The van der Waals surface area contributed by atoms with Gasteiger partial charge in [0.05, 0.1) is 32.4 Å². The predicted octanol–water partition coefficient (Wildman–Crippen LogP) is -7.33. The van der Waals surface area contributed by atoms with Gasteiger partial charge in [0.15, 0.2) is 12.2 Å². The minimum atomic E-state index is -2.82. The van der Waals surface area contributed by atoms with Crippen LogP contribution in [0, 0.1) is 5.92 Å². The van der Waals surface area contributed by atoms with Crippen LogP contribution in [0.15, 0.2) is 30.5 Å². The van der Waals surface area contributed by atoms with Gasteiger partial charge in [-0.1, -0.05) is 83.9 Å². The minimum absolute atomic E-state index is 0.0294. The number of hydrogen-bond acceptors (Lipinski definition) is 24. The molecule has 15 unspecified atom stereocenters. The normalized spacial score (nSPS) is 21.8. The number of aromatic nitrogens is 1. The van der Waals surface area contributed by atoms with E-state index in [1.54, 1.807) is 30.5 Å². The molecule has 1 aliphatic heterocycles. The number of cyclic esters (lactones) is 1. The van der Waals surface area contributed by atoms with E-state index in [1.807, 2.05) is 31.9 Å². The van der Waals surface area contributed by atoms with Crippen molar-refractivity contribution >= 4 is 135 Å². The summed E-state index contributed by atoms with van der Waals surface area (Å²) >= 11 is 0. The molecular formula is C70H103N17O28. The minimum Gasteiger partial charge on any atom is -0.481 e. The number of carbonyl (C=O) groups is 21. The Hall–Kier alpha value is -12.4. The van der Waals surface area contributed by atoms with Crippen LogP contribution in [0.25, 0.3) is 10.9 Å². The second-order valence-corrected chi connectivity index (χ2v) is 27.2. The number of aliphatic hydroxyl groups is 1. The molecule has 16 amide bonds. The first-order valence-electron chi connectivity index (χ1n) is 36.6. The van der Waals surface area contributed by atoms with Crippen molar-refractivity contribution in [3.05, 3.63) is 36.0 Å². The number of para-hydroxylation sites is 1. The first kappa shape index (κ1) is 96.7. The molecule has 24 N–H and O–H groups in total. The molecule has 3 rings (SSSR count). The molecule has 45 nitrogen and oxygen atoms in total. The van der Waals surface area contributed by atoms with E-state index in [-0.39, 0.29) is 19.3 Å². The number of carboxylic acid groups (broad SMARTS) is 4. The van der Waals surface area contributed by atoms with Gasteiger partial charge in [0.2, 0.25) is 94.5 Å². The Bertz CT molecular complexity index is 3890. The average molecular weight is 1630 g/mol. The van der Waals surface area contributed by atoms with Gasteiger partial charge in [-0.3, -0.25) is 91.1 Å². The summed E-state index contributed by atoms with van der Waals surface area (Å²) < 4.78 is 10.6. The Morgan fingerprint density at radius 1 is 0.609 bits per heavy atom. The molecule has 0 spiro atoms. The fraction of sp³-hybridized carbons (Fsp3) is 0.586. The van der Waals surface area contributed by atoms with Crippen molar-refractivity contribution in [3.8, 4) is 0 Å². The summed E-state index contributed by atoms with van der Waals surface area (Å²) in [6.07, 6.45) is -7.21. The van der Waals surface area contributed by atoms with Crippen LogP contribution in [0.5, 0.6) is 0 Å². The first-order chi connectivity index (χ1) is 54.0. The molecule has 1 aromatic heterocycles. The maximum atomic E-state index is 14.9. The number of amides is 16. The highest BCUT2D eigenvalue weighted by molar-refractivity contribution is 6.03. The third-order valence-electron chi connectivity index (χ3n) is 18.0. The zero-order chi connectivity index (χ0) is 86.7. The van der Waals surface area contributed by atoms with E-state index < -0.39 is 273 Å². The van der Waals surface area contributed by atoms with Crippen molar-refractivity contribution in [2.45, 2.75) is 229 Å². The number of benzene rings is 1. The number of unbranched alkanes of at least 4 members (excludes halogenated alkanes) is 6. The lowest BCUT2D eigenvalue weighted by molar-refractivity contribution is -0.159. The number of H-pyrrole nitrogens is 1. The molecule has 0 aliphatic carbocycles. The Morgan fingerprint density at radius 2 is 1.16 bits per heavy atom. The van der Waals surface area contributed by atoms with Crippen LogP contribution < -0.4 is 81.0 Å². The molecule has 0 radical (unpaired) electrons. The number of carboxylic acids is 4. The molecule has 0 saturated carbocycles. The summed E-state index contributed by atoms with van der Waals surface area (Å²) in [5.41, 5.74) is 17.4. The Morgan fingerprint density at radius 3 is 1.73 bits per heavy atom. The van der Waals surface area contributed by atoms with E-state index in [4.69, 9.17) is 26.7 Å². The SMILES string of the molecule is CCCCCCCCCC(=O)NC(Cc1c[nH]c2ccccc12)C(=O)NC(CCC(=O)O)C(=O)NC(C(=O)NC1C(=O)N(C)CC(=O)NC(C)C(=O)NC(CC(=O)O)C(=O)NC(CC(N)=O)C(=O)NC(C(OC)C(=O)O)C(=O)NCC(=O)NC(CC(N)=O)C(=O)NC(CCC(=O)O)C(=O)NC(C(C)CC)C(=O)OC1C)C(O)C(N)=O. The molecule has 1 aliphatic rings. The summed E-state index contributed by atoms with van der Waals surface area (Å²) in [6.45, 7) is 4.30. The van der Waals surface area contributed by atoms with Gasteiger partial charge in [-0.2, -0.15) is 0 Å². The molecule has 15 atom stereocenters. The van der Waals surface area contributed by atoms with Crippen molar-refractivity contribution in [1.82, 2.24) is 73.7 Å². The van der Waals surface area contributed by atoms with Crippen LogP contribution in [-0.4, -0.2) is 272 Å². The number of carbonyl (C=O) groups excluding carboxylic acids is 17. The number of nitrogens with zero attached hydrogens (tertiary/aromatic N) is 1. The second kappa shape index (κ2) is 47.8. The van der Waals surface area contributed by atoms with Gasteiger partial charge in [0, 0.05) is 56.9 Å². The van der Waals surface area contributed by atoms with Crippen LogP contribution in [-0.2, 0) is 117 Å². The van der Waals surface area contributed by atoms with E-state index in [0.29, 0.717) is 34.2 Å². The zero-order valence-electron chi connectivity index (χ0n) is 64.3. The third kappa shape index (κ3) is 32.7. The molecular weight excluding hydrogens is 1530 g/mol.